The molecule has 0 heterocycles. The maximum atomic E-state index is 13.0. The fraction of sp³-hybridized carbons (Fsp3) is 0.417. The van der Waals surface area contributed by atoms with Crippen molar-refractivity contribution in [3.05, 3.63) is 35.6 Å². The number of nitrogens with zero attached hydrogens (tertiary/aromatic N) is 1. The number of halogens is 1. The van der Waals surface area contributed by atoms with Crippen LogP contribution in [0.3, 0.4) is 0 Å². The summed E-state index contributed by atoms with van der Waals surface area (Å²) in [7, 11) is 1.89. The summed E-state index contributed by atoms with van der Waals surface area (Å²) in [5.74, 6) is -0.0804. The van der Waals surface area contributed by atoms with Crippen molar-refractivity contribution in [1.29, 1.82) is 5.41 Å². The maximum absolute atomic E-state index is 13.0. The van der Waals surface area contributed by atoms with E-state index in [1.54, 1.807) is 6.07 Å². The zero-order chi connectivity index (χ0) is 12.1. The summed E-state index contributed by atoms with van der Waals surface area (Å²) >= 11 is 0. The molecule has 3 nitrogen and oxygen atoms in total. The van der Waals surface area contributed by atoms with Gasteiger partial charge in [-0.3, -0.25) is 10.3 Å². The van der Waals surface area contributed by atoms with Gasteiger partial charge in [-0.2, -0.15) is 0 Å². The molecule has 0 saturated carbocycles. The van der Waals surface area contributed by atoms with Crippen molar-refractivity contribution in [2.24, 2.45) is 5.73 Å². The number of amidine groups is 1. The number of nitrogens with one attached hydrogen (secondary N) is 1. The fourth-order valence-electron chi connectivity index (χ4n) is 1.80. The van der Waals surface area contributed by atoms with Gasteiger partial charge in [-0.15, -0.1) is 0 Å². The highest BCUT2D eigenvalue weighted by molar-refractivity contribution is 5.82. The van der Waals surface area contributed by atoms with E-state index in [2.05, 4.69) is 0 Å². The van der Waals surface area contributed by atoms with E-state index in [-0.39, 0.29) is 17.7 Å². The first-order valence-electron chi connectivity index (χ1n) is 5.33. The van der Waals surface area contributed by atoms with Crippen LogP contribution in [0.15, 0.2) is 24.3 Å². The molecule has 16 heavy (non-hydrogen) atoms. The standard InChI is InChI=1S/C12H18FN3/c1-3-11(12(14)15)16(2)8-9-5-4-6-10(13)7-9/h4-7,11H,3,8H2,1-2H3,(H3,14,15). The molecular weight excluding hydrogens is 205 g/mol. The first kappa shape index (κ1) is 12.6. The Morgan fingerprint density at radius 1 is 1.56 bits per heavy atom. The zero-order valence-electron chi connectivity index (χ0n) is 9.70. The molecule has 0 aliphatic carbocycles. The lowest BCUT2D eigenvalue weighted by Gasteiger charge is -2.25. The van der Waals surface area contributed by atoms with Crippen LogP contribution < -0.4 is 5.73 Å². The van der Waals surface area contributed by atoms with E-state index in [0.717, 1.165) is 12.0 Å². The highest BCUT2D eigenvalue weighted by atomic mass is 19.1. The molecule has 0 spiro atoms. The average molecular weight is 223 g/mol. The van der Waals surface area contributed by atoms with E-state index >= 15 is 0 Å². The maximum Gasteiger partial charge on any atom is 0.123 e. The van der Waals surface area contributed by atoms with Gasteiger partial charge in [0.25, 0.3) is 0 Å². The van der Waals surface area contributed by atoms with Crippen LogP contribution in [0.1, 0.15) is 18.9 Å². The lowest BCUT2D eigenvalue weighted by molar-refractivity contribution is 0.280. The minimum atomic E-state index is -0.234. The third-order valence-corrected chi connectivity index (χ3v) is 2.60. The zero-order valence-corrected chi connectivity index (χ0v) is 9.70. The molecule has 0 aromatic heterocycles. The van der Waals surface area contributed by atoms with Gasteiger partial charge in [0.15, 0.2) is 0 Å². The quantitative estimate of drug-likeness (QED) is 0.592. The van der Waals surface area contributed by atoms with Crippen molar-refractivity contribution in [2.75, 3.05) is 7.05 Å². The largest absolute Gasteiger partial charge is 0.386 e. The van der Waals surface area contributed by atoms with Crippen LogP contribution in [0.4, 0.5) is 4.39 Å². The summed E-state index contributed by atoms with van der Waals surface area (Å²) in [4.78, 5) is 1.96. The Hall–Kier alpha value is -1.42. The Labute approximate surface area is 95.6 Å². The van der Waals surface area contributed by atoms with Crippen LogP contribution in [-0.4, -0.2) is 23.8 Å². The number of rotatable bonds is 5. The molecule has 1 rings (SSSR count). The summed E-state index contributed by atoms with van der Waals surface area (Å²) in [5, 5.41) is 7.45. The lowest BCUT2D eigenvalue weighted by Crippen LogP contribution is -2.41. The van der Waals surface area contributed by atoms with Gasteiger partial charge in [0.05, 0.1) is 6.04 Å². The molecule has 0 aliphatic heterocycles. The number of hydrogen-bond donors (Lipinski definition) is 2. The van der Waals surface area contributed by atoms with Gasteiger partial charge in [-0.1, -0.05) is 19.1 Å². The summed E-state index contributed by atoms with van der Waals surface area (Å²) in [6.07, 6.45) is 0.779. The number of nitrogens with two attached hydrogens (primary N) is 1. The number of likely N-dealkylation sites (N-methyl/N-ethyl adjacent to an activating group) is 1. The molecule has 1 unspecified atom stereocenters. The van der Waals surface area contributed by atoms with E-state index < -0.39 is 0 Å². The van der Waals surface area contributed by atoms with E-state index in [1.807, 2.05) is 24.9 Å². The third-order valence-electron chi connectivity index (χ3n) is 2.60. The molecule has 3 N–H and O–H groups in total. The summed E-state index contributed by atoms with van der Waals surface area (Å²) in [6.45, 7) is 2.57. The van der Waals surface area contributed by atoms with Crippen molar-refractivity contribution in [1.82, 2.24) is 4.90 Å². The number of benzene rings is 1. The molecule has 1 aromatic rings. The molecule has 0 fully saturated rings. The van der Waals surface area contributed by atoms with Crippen molar-refractivity contribution in [2.45, 2.75) is 25.9 Å². The number of hydrogen-bond acceptors (Lipinski definition) is 2. The van der Waals surface area contributed by atoms with Crippen molar-refractivity contribution < 1.29 is 4.39 Å². The molecule has 88 valence electrons. The Bertz CT molecular complexity index is 365. The summed E-state index contributed by atoms with van der Waals surface area (Å²) in [5.41, 5.74) is 6.39. The van der Waals surface area contributed by atoms with E-state index in [0.29, 0.717) is 6.54 Å². The van der Waals surface area contributed by atoms with Crippen molar-refractivity contribution in [3.8, 4) is 0 Å². The van der Waals surface area contributed by atoms with E-state index in [4.69, 9.17) is 11.1 Å². The molecule has 1 atom stereocenters. The lowest BCUT2D eigenvalue weighted by atomic mass is 10.1. The predicted octanol–water partition coefficient (Wildman–Crippen LogP) is 1.97. The normalized spacial score (nSPS) is 12.8. The van der Waals surface area contributed by atoms with Gasteiger partial charge in [0.2, 0.25) is 0 Å². The van der Waals surface area contributed by atoms with Crippen molar-refractivity contribution in [3.63, 3.8) is 0 Å². The van der Waals surface area contributed by atoms with Crippen LogP contribution in [0.5, 0.6) is 0 Å². The molecule has 0 amide bonds. The second-order valence-electron chi connectivity index (χ2n) is 3.92. The first-order valence-corrected chi connectivity index (χ1v) is 5.33. The smallest absolute Gasteiger partial charge is 0.123 e. The van der Waals surface area contributed by atoms with Crippen LogP contribution in [0.25, 0.3) is 0 Å². The SMILES string of the molecule is CCC(C(=N)N)N(C)Cc1cccc(F)c1. The molecule has 0 saturated heterocycles. The molecule has 0 bridgehead atoms. The summed E-state index contributed by atoms with van der Waals surface area (Å²) in [6, 6.07) is 6.40. The Morgan fingerprint density at radius 3 is 2.75 bits per heavy atom. The Balaban J connectivity index is 2.69. The van der Waals surface area contributed by atoms with Crippen LogP contribution in [0.2, 0.25) is 0 Å². The predicted molar refractivity (Wildman–Crippen MR) is 63.9 cm³/mol. The fourth-order valence-corrected chi connectivity index (χ4v) is 1.80. The van der Waals surface area contributed by atoms with Gasteiger partial charge in [0, 0.05) is 6.54 Å². The third kappa shape index (κ3) is 3.31. The molecule has 0 radical (unpaired) electrons. The Kier molecular flexibility index (Phi) is 4.43. The van der Waals surface area contributed by atoms with Crippen LogP contribution >= 0.6 is 0 Å². The van der Waals surface area contributed by atoms with E-state index in [9.17, 15) is 4.39 Å². The van der Waals surface area contributed by atoms with Crippen LogP contribution in [-0.2, 0) is 6.54 Å². The highest BCUT2D eigenvalue weighted by Crippen LogP contribution is 2.10. The molecule has 4 heteroatoms. The summed E-state index contributed by atoms with van der Waals surface area (Å²) < 4.78 is 13.0. The van der Waals surface area contributed by atoms with Gasteiger partial charge >= 0.3 is 0 Å². The van der Waals surface area contributed by atoms with Gasteiger partial charge in [0.1, 0.15) is 11.7 Å². The van der Waals surface area contributed by atoms with Crippen molar-refractivity contribution >= 4 is 5.84 Å². The second-order valence-corrected chi connectivity index (χ2v) is 3.92. The second kappa shape index (κ2) is 5.61. The average Bonchev–Trinajstić information content (AvgIpc) is 2.17. The Morgan fingerprint density at radius 2 is 2.25 bits per heavy atom. The minimum absolute atomic E-state index is 0.0803. The highest BCUT2D eigenvalue weighted by Gasteiger charge is 2.15. The van der Waals surface area contributed by atoms with E-state index in [1.165, 1.54) is 12.1 Å². The van der Waals surface area contributed by atoms with Gasteiger partial charge in [-0.25, -0.2) is 4.39 Å². The first-order chi connectivity index (χ1) is 7.54. The molecule has 1 aromatic carbocycles. The van der Waals surface area contributed by atoms with Gasteiger partial charge < -0.3 is 5.73 Å². The van der Waals surface area contributed by atoms with Crippen LogP contribution in [0, 0.1) is 11.2 Å². The van der Waals surface area contributed by atoms with Gasteiger partial charge in [-0.05, 0) is 31.2 Å². The molecule has 0 aliphatic rings. The monoisotopic (exact) mass is 223 g/mol. The topological polar surface area (TPSA) is 53.1 Å². The minimum Gasteiger partial charge on any atom is -0.386 e. The molecular formula is C12H18FN3.